The van der Waals surface area contributed by atoms with Crippen molar-refractivity contribution in [3.63, 3.8) is 0 Å². The summed E-state index contributed by atoms with van der Waals surface area (Å²) in [5.41, 5.74) is 3.40. The van der Waals surface area contributed by atoms with Gasteiger partial charge < -0.3 is 9.42 Å². The molecule has 0 fully saturated rings. The van der Waals surface area contributed by atoms with Crippen LogP contribution in [0.15, 0.2) is 59.1 Å². The highest BCUT2D eigenvalue weighted by atomic mass is 16.5. The summed E-state index contributed by atoms with van der Waals surface area (Å²) in [5.74, 6) is 1.27. The molecule has 5 heteroatoms. The molecule has 0 aliphatic carbocycles. The van der Waals surface area contributed by atoms with Crippen LogP contribution in [0.3, 0.4) is 0 Å². The summed E-state index contributed by atoms with van der Waals surface area (Å²) in [6.45, 7) is 2.09. The Morgan fingerprint density at radius 1 is 1.15 bits per heavy atom. The molecule has 26 heavy (non-hydrogen) atoms. The zero-order chi connectivity index (χ0) is 17.9. The molecule has 1 atom stereocenters. The van der Waals surface area contributed by atoms with E-state index in [1.807, 2.05) is 53.4 Å². The molecule has 1 aliphatic rings. The Balaban J connectivity index is 1.38. The maximum absolute atomic E-state index is 12.7. The van der Waals surface area contributed by atoms with E-state index in [-0.39, 0.29) is 11.9 Å². The van der Waals surface area contributed by atoms with Crippen LogP contribution in [-0.2, 0) is 24.1 Å². The maximum atomic E-state index is 12.7. The molecule has 1 aliphatic heterocycles. The monoisotopic (exact) mass is 347 g/mol. The average Bonchev–Trinajstić information content (AvgIpc) is 3.23. The van der Waals surface area contributed by atoms with Crippen molar-refractivity contribution in [2.45, 2.75) is 38.6 Å². The van der Waals surface area contributed by atoms with Gasteiger partial charge >= 0.3 is 0 Å². The van der Waals surface area contributed by atoms with Crippen molar-refractivity contribution in [2.75, 3.05) is 4.90 Å². The summed E-state index contributed by atoms with van der Waals surface area (Å²) in [7, 11) is 0. The third-order valence-electron chi connectivity index (χ3n) is 4.74. The van der Waals surface area contributed by atoms with Gasteiger partial charge in [0, 0.05) is 31.0 Å². The number of hydrogen-bond donors (Lipinski definition) is 0. The molecular formula is C21H21N3O2. The van der Waals surface area contributed by atoms with Gasteiger partial charge in [-0.2, -0.15) is 4.98 Å². The third-order valence-corrected chi connectivity index (χ3v) is 4.74. The molecule has 0 spiro atoms. The van der Waals surface area contributed by atoms with Crippen molar-refractivity contribution >= 4 is 11.6 Å². The van der Waals surface area contributed by atoms with E-state index in [4.69, 9.17) is 4.52 Å². The van der Waals surface area contributed by atoms with Crippen molar-refractivity contribution in [3.05, 3.63) is 77.4 Å². The molecule has 3 aromatic rings. The first-order valence-electron chi connectivity index (χ1n) is 8.96. The Morgan fingerprint density at radius 3 is 2.77 bits per heavy atom. The number of anilines is 1. The minimum Gasteiger partial charge on any atom is -0.339 e. The predicted octanol–water partition coefficient (Wildman–Crippen LogP) is 3.57. The zero-order valence-electron chi connectivity index (χ0n) is 14.8. The van der Waals surface area contributed by atoms with Crippen LogP contribution in [0.25, 0.3) is 0 Å². The molecule has 132 valence electrons. The minimum absolute atomic E-state index is 0.102. The largest absolute Gasteiger partial charge is 0.339 e. The molecule has 0 radical (unpaired) electrons. The van der Waals surface area contributed by atoms with Crippen molar-refractivity contribution < 1.29 is 9.32 Å². The fraction of sp³-hybridized carbons (Fsp3) is 0.286. The minimum atomic E-state index is 0.102. The van der Waals surface area contributed by atoms with Crippen LogP contribution < -0.4 is 4.90 Å². The highest BCUT2D eigenvalue weighted by Gasteiger charge is 2.30. The molecule has 1 amide bonds. The summed E-state index contributed by atoms with van der Waals surface area (Å²) in [4.78, 5) is 19.0. The molecule has 0 bridgehead atoms. The van der Waals surface area contributed by atoms with E-state index >= 15 is 0 Å². The number of benzene rings is 2. The molecule has 1 aromatic heterocycles. The fourth-order valence-electron chi connectivity index (χ4n) is 3.52. The first-order chi connectivity index (χ1) is 12.7. The number of carbonyl (C=O) groups excluding carboxylic acids is 1. The number of carbonyl (C=O) groups is 1. The number of fused-ring (bicyclic) bond motifs is 1. The smallest absolute Gasteiger partial charge is 0.227 e. The maximum Gasteiger partial charge on any atom is 0.227 e. The second-order valence-corrected chi connectivity index (χ2v) is 6.71. The number of aryl methyl sites for hydroxylation is 1. The molecule has 0 saturated heterocycles. The van der Waals surface area contributed by atoms with Crippen LogP contribution in [-0.4, -0.2) is 22.1 Å². The van der Waals surface area contributed by atoms with E-state index in [0.29, 0.717) is 31.0 Å². The van der Waals surface area contributed by atoms with Gasteiger partial charge in [-0.15, -0.1) is 0 Å². The van der Waals surface area contributed by atoms with Crippen LogP contribution >= 0.6 is 0 Å². The number of nitrogens with zero attached hydrogens (tertiary/aromatic N) is 3. The van der Waals surface area contributed by atoms with Crippen molar-refractivity contribution in [2.24, 2.45) is 0 Å². The molecule has 0 N–H and O–H groups in total. The van der Waals surface area contributed by atoms with Gasteiger partial charge in [0.05, 0.1) is 0 Å². The molecule has 2 heterocycles. The first-order valence-corrected chi connectivity index (χ1v) is 8.96. The Hall–Kier alpha value is -2.95. The van der Waals surface area contributed by atoms with Gasteiger partial charge in [0.25, 0.3) is 0 Å². The van der Waals surface area contributed by atoms with Crippen LogP contribution in [0, 0.1) is 0 Å². The topological polar surface area (TPSA) is 59.2 Å². The molecule has 1 unspecified atom stereocenters. The van der Waals surface area contributed by atoms with E-state index in [1.54, 1.807) is 0 Å². The first kappa shape index (κ1) is 16.5. The second-order valence-electron chi connectivity index (χ2n) is 6.71. The van der Waals surface area contributed by atoms with Gasteiger partial charge in [0.1, 0.15) is 0 Å². The SMILES string of the molecule is CC1Cc2ccccc2N1C(=O)CCc1nc(Cc2ccccc2)no1. The van der Waals surface area contributed by atoms with Crippen LogP contribution in [0.1, 0.15) is 36.2 Å². The Bertz CT molecular complexity index is 904. The van der Waals surface area contributed by atoms with Gasteiger partial charge in [0.15, 0.2) is 5.82 Å². The Kier molecular flexibility index (Phi) is 4.52. The van der Waals surface area contributed by atoms with E-state index in [2.05, 4.69) is 23.1 Å². The van der Waals surface area contributed by atoms with Gasteiger partial charge in [-0.1, -0.05) is 53.7 Å². The molecular weight excluding hydrogens is 326 g/mol. The standard InChI is InChI=1S/C21H21N3O2/c1-15-13-17-9-5-6-10-18(17)24(15)21(25)12-11-20-22-19(23-26-20)14-16-7-3-2-4-8-16/h2-10,15H,11-14H2,1H3. The van der Waals surface area contributed by atoms with E-state index < -0.39 is 0 Å². The summed E-state index contributed by atoms with van der Waals surface area (Å²) in [6.07, 6.45) is 2.37. The van der Waals surface area contributed by atoms with Crippen molar-refractivity contribution in [1.29, 1.82) is 0 Å². The van der Waals surface area contributed by atoms with Gasteiger partial charge in [0.2, 0.25) is 11.8 Å². The lowest BCUT2D eigenvalue weighted by Gasteiger charge is -2.22. The number of hydrogen-bond acceptors (Lipinski definition) is 4. The third kappa shape index (κ3) is 3.38. The lowest BCUT2D eigenvalue weighted by molar-refractivity contribution is -0.118. The number of rotatable bonds is 5. The predicted molar refractivity (Wildman–Crippen MR) is 99.0 cm³/mol. The van der Waals surface area contributed by atoms with Crippen LogP contribution in [0.4, 0.5) is 5.69 Å². The van der Waals surface area contributed by atoms with Gasteiger partial charge in [-0.3, -0.25) is 4.79 Å². The molecule has 5 nitrogen and oxygen atoms in total. The normalized spacial score (nSPS) is 15.9. The zero-order valence-corrected chi connectivity index (χ0v) is 14.8. The van der Waals surface area contributed by atoms with Crippen LogP contribution in [0.5, 0.6) is 0 Å². The summed E-state index contributed by atoms with van der Waals surface area (Å²) in [5, 5.41) is 4.03. The highest BCUT2D eigenvalue weighted by Crippen LogP contribution is 2.32. The van der Waals surface area contributed by atoms with E-state index in [9.17, 15) is 4.79 Å². The number of para-hydroxylation sites is 1. The number of aromatic nitrogens is 2. The summed E-state index contributed by atoms with van der Waals surface area (Å²) < 4.78 is 5.31. The number of amides is 1. The van der Waals surface area contributed by atoms with Crippen molar-refractivity contribution in [3.8, 4) is 0 Å². The molecule has 4 rings (SSSR count). The van der Waals surface area contributed by atoms with E-state index in [0.717, 1.165) is 17.7 Å². The average molecular weight is 347 g/mol. The lowest BCUT2D eigenvalue weighted by atomic mass is 10.1. The van der Waals surface area contributed by atoms with Crippen molar-refractivity contribution in [1.82, 2.24) is 10.1 Å². The Labute approximate surface area is 152 Å². The second kappa shape index (κ2) is 7.12. The van der Waals surface area contributed by atoms with E-state index in [1.165, 1.54) is 5.56 Å². The van der Waals surface area contributed by atoms with Gasteiger partial charge in [-0.25, -0.2) is 0 Å². The molecule has 0 saturated carbocycles. The lowest BCUT2D eigenvalue weighted by Crippen LogP contribution is -2.35. The fourth-order valence-corrected chi connectivity index (χ4v) is 3.52. The quantitative estimate of drug-likeness (QED) is 0.708. The van der Waals surface area contributed by atoms with Gasteiger partial charge in [-0.05, 0) is 30.5 Å². The highest BCUT2D eigenvalue weighted by molar-refractivity contribution is 5.96. The van der Waals surface area contributed by atoms with Crippen LogP contribution in [0.2, 0.25) is 0 Å². The summed E-state index contributed by atoms with van der Waals surface area (Å²) in [6, 6.07) is 18.3. The molecule has 2 aromatic carbocycles. The summed E-state index contributed by atoms with van der Waals surface area (Å²) >= 11 is 0. The Morgan fingerprint density at radius 2 is 1.92 bits per heavy atom.